The lowest BCUT2D eigenvalue weighted by Gasteiger charge is -2.26. The summed E-state index contributed by atoms with van der Waals surface area (Å²) in [5, 5.41) is 1.10. The lowest BCUT2D eigenvalue weighted by molar-refractivity contribution is 0.0299. The minimum absolute atomic E-state index is 0.0619. The fraction of sp³-hybridized carbons (Fsp3) is 0.471. The summed E-state index contributed by atoms with van der Waals surface area (Å²) < 4.78 is 5.29. The predicted molar refractivity (Wildman–Crippen MR) is 83.7 cm³/mol. The molecule has 4 heteroatoms. The van der Waals surface area contributed by atoms with Gasteiger partial charge in [0.1, 0.15) is 5.69 Å². The van der Waals surface area contributed by atoms with Crippen LogP contribution in [-0.4, -0.2) is 42.1 Å². The summed E-state index contributed by atoms with van der Waals surface area (Å²) in [7, 11) is 0. The van der Waals surface area contributed by atoms with Crippen LogP contribution in [-0.2, 0) is 10.2 Å². The first kappa shape index (κ1) is 14.1. The SMILES string of the molecule is CC(C)(C)c1ccc2[nH]c(C(=O)N3CCOCC3)cc2c1. The molecule has 1 fully saturated rings. The Morgan fingerprint density at radius 1 is 1.19 bits per heavy atom. The smallest absolute Gasteiger partial charge is 0.270 e. The number of aromatic amines is 1. The van der Waals surface area contributed by atoms with Gasteiger partial charge in [-0.2, -0.15) is 0 Å². The highest BCUT2D eigenvalue weighted by Gasteiger charge is 2.21. The van der Waals surface area contributed by atoms with E-state index in [2.05, 4.69) is 44.0 Å². The Morgan fingerprint density at radius 2 is 1.90 bits per heavy atom. The van der Waals surface area contributed by atoms with Crippen molar-refractivity contribution in [2.45, 2.75) is 26.2 Å². The molecule has 4 nitrogen and oxygen atoms in total. The molecular formula is C17H22N2O2. The summed E-state index contributed by atoms with van der Waals surface area (Å²) >= 11 is 0. The summed E-state index contributed by atoms with van der Waals surface area (Å²) in [5.74, 6) is 0.0619. The molecule has 0 radical (unpaired) electrons. The number of hydrogen-bond acceptors (Lipinski definition) is 2. The maximum absolute atomic E-state index is 12.5. The van der Waals surface area contributed by atoms with Gasteiger partial charge in [-0.15, -0.1) is 0 Å². The van der Waals surface area contributed by atoms with Crippen molar-refractivity contribution in [3.05, 3.63) is 35.5 Å². The average molecular weight is 286 g/mol. The van der Waals surface area contributed by atoms with Gasteiger partial charge >= 0.3 is 0 Å². The van der Waals surface area contributed by atoms with Crippen molar-refractivity contribution in [1.29, 1.82) is 0 Å². The Bertz CT molecular complexity index is 661. The van der Waals surface area contributed by atoms with E-state index in [0.29, 0.717) is 32.0 Å². The monoisotopic (exact) mass is 286 g/mol. The number of aromatic nitrogens is 1. The molecule has 1 N–H and O–H groups in total. The van der Waals surface area contributed by atoms with E-state index in [1.54, 1.807) is 0 Å². The predicted octanol–water partition coefficient (Wildman–Crippen LogP) is 2.94. The second-order valence-electron chi connectivity index (χ2n) is 6.64. The fourth-order valence-corrected chi connectivity index (χ4v) is 2.65. The highest BCUT2D eigenvalue weighted by molar-refractivity contribution is 5.98. The normalized spacial score (nSPS) is 16.4. The van der Waals surface area contributed by atoms with E-state index in [4.69, 9.17) is 4.74 Å². The Hall–Kier alpha value is -1.81. The molecule has 1 amide bonds. The molecule has 1 aromatic carbocycles. The number of fused-ring (bicyclic) bond motifs is 1. The van der Waals surface area contributed by atoms with Crippen molar-refractivity contribution < 1.29 is 9.53 Å². The van der Waals surface area contributed by atoms with Crippen LogP contribution in [0.4, 0.5) is 0 Å². The van der Waals surface area contributed by atoms with Crippen molar-refractivity contribution in [2.24, 2.45) is 0 Å². The Kier molecular flexibility index (Phi) is 3.49. The van der Waals surface area contributed by atoms with Crippen LogP contribution in [0.2, 0.25) is 0 Å². The maximum atomic E-state index is 12.5. The van der Waals surface area contributed by atoms with Crippen LogP contribution >= 0.6 is 0 Å². The van der Waals surface area contributed by atoms with Crippen LogP contribution in [0, 0.1) is 0 Å². The van der Waals surface area contributed by atoms with Gasteiger partial charge in [-0.3, -0.25) is 4.79 Å². The van der Waals surface area contributed by atoms with E-state index in [0.717, 1.165) is 10.9 Å². The molecule has 1 aromatic heterocycles. The van der Waals surface area contributed by atoms with E-state index in [-0.39, 0.29) is 11.3 Å². The summed E-state index contributed by atoms with van der Waals surface area (Å²) in [6.45, 7) is 9.17. The van der Waals surface area contributed by atoms with Crippen molar-refractivity contribution in [1.82, 2.24) is 9.88 Å². The Balaban J connectivity index is 1.91. The molecule has 0 bridgehead atoms. The molecule has 1 aliphatic heterocycles. The fourth-order valence-electron chi connectivity index (χ4n) is 2.65. The molecule has 21 heavy (non-hydrogen) atoms. The number of carbonyl (C=O) groups excluding carboxylic acids is 1. The highest BCUT2D eigenvalue weighted by atomic mass is 16.5. The number of morpholine rings is 1. The first-order valence-corrected chi connectivity index (χ1v) is 7.45. The topological polar surface area (TPSA) is 45.3 Å². The Morgan fingerprint density at radius 3 is 2.57 bits per heavy atom. The van der Waals surface area contributed by atoms with Crippen molar-refractivity contribution in [3.8, 4) is 0 Å². The van der Waals surface area contributed by atoms with Gasteiger partial charge in [0.25, 0.3) is 5.91 Å². The second-order valence-corrected chi connectivity index (χ2v) is 6.64. The zero-order valence-electron chi connectivity index (χ0n) is 12.9. The van der Waals surface area contributed by atoms with Crippen molar-refractivity contribution in [2.75, 3.05) is 26.3 Å². The second kappa shape index (κ2) is 5.19. The van der Waals surface area contributed by atoms with Gasteiger partial charge in [0.2, 0.25) is 0 Å². The minimum Gasteiger partial charge on any atom is -0.378 e. The molecule has 0 aliphatic carbocycles. The molecule has 2 heterocycles. The van der Waals surface area contributed by atoms with Gasteiger partial charge in [0.15, 0.2) is 0 Å². The molecule has 0 saturated carbocycles. The standard InChI is InChI=1S/C17H22N2O2/c1-17(2,3)13-4-5-14-12(10-13)11-15(18-14)16(20)19-6-8-21-9-7-19/h4-5,10-11,18H,6-9H2,1-3H3. The van der Waals surface area contributed by atoms with Gasteiger partial charge in [0, 0.05) is 24.0 Å². The van der Waals surface area contributed by atoms with E-state index in [1.807, 2.05) is 11.0 Å². The van der Waals surface area contributed by atoms with Crippen LogP contribution in [0.3, 0.4) is 0 Å². The zero-order valence-corrected chi connectivity index (χ0v) is 12.9. The van der Waals surface area contributed by atoms with E-state index in [9.17, 15) is 4.79 Å². The first-order valence-electron chi connectivity index (χ1n) is 7.45. The third-order valence-electron chi connectivity index (χ3n) is 4.02. The summed E-state index contributed by atoms with van der Waals surface area (Å²) in [6, 6.07) is 8.32. The zero-order chi connectivity index (χ0) is 15.0. The van der Waals surface area contributed by atoms with Gasteiger partial charge in [-0.25, -0.2) is 0 Å². The first-order chi connectivity index (χ1) is 9.95. The number of H-pyrrole nitrogens is 1. The van der Waals surface area contributed by atoms with Crippen LogP contribution in [0.15, 0.2) is 24.3 Å². The van der Waals surface area contributed by atoms with E-state index in [1.165, 1.54) is 5.56 Å². The number of ether oxygens (including phenoxy) is 1. The van der Waals surface area contributed by atoms with Crippen LogP contribution < -0.4 is 0 Å². The quantitative estimate of drug-likeness (QED) is 0.876. The van der Waals surface area contributed by atoms with Crippen LogP contribution in [0.25, 0.3) is 10.9 Å². The lowest BCUT2D eigenvalue weighted by atomic mass is 9.86. The highest BCUT2D eigenvalue weighted by Crippen LogP contribution is 2.26. The number of carbonyl (C=O) groups is 1. The van der Waals surface area contributed by atoms with Crippen molar-refractivity contribution in [3.63, 3.8) is 0 Å². The van der Waals surface area contributed by atoms with Crippen LogP contribution in [0.5, 0.6) is 0 Å². The Labute approximate surface area is 125 Å². The van der Waals surface area contributed by atoms with Gasteiger partial charge in [0.05, 0.1) is 13.2 Å². The molecule has 0 atom stereocenters. The minimum atomic E-state index is 0.0619. The van der Waals surface area contributed by atoms with Gasteiger partial charge in [-0.05, 0) is 29.2 Å². The third kappa shape index (κ3) is 2.81. The third-order valence-corrected chi connectivity index (χ3v) is 4.02. The molecule has 0 spiro atoms. The number of nitrogens with zero attached hydrogens (tertiary/aromatic N) is 1. The largest absolute Gasteiger partial charge is 0.378 e. The maximum Gasteiger partial charge on any atom is 0.270 e. The number of benzene rings is 1. The number of nitrogens with one attached hydrogen (secondary N) is 1. The van der Waals surface area contributed by atoms with Crippen molar-refractivity contribution >= 4 is 16.8 Å². The van der Waals surface area contributed by atoms with Gasteiger partial charge in [-0.1, -0.05) is 26.8 Å². The molecule has 2 aromatic rings. The number of rotatable bonds is 1. The van der Waals surface area contributed by atoms with E-state index >= 15 is 0 Å². The van der Waals surface area contributed by atoms with E-state index < -0.39 is 0 Å². The molecule has 1 aliphatic rings. The summed E-state index contributed by atoms with van der Waals surface area (Å²) in [4.78, 5) is 17.6. The average Bonchev–Trinajstić information content (AvgIpc) is 2.89. The number of hydrogen-bond donors (Lipinski definition) is 1. The summed E-state index contributed by atoms with van der Waals surface area (Å²) in [6.07, 6.45) is 0. The lowest BCUT2D eigenvalue weighted by Crippen LogP contribution is -2.40. The van der Waals surface area contributed by atoms with Crippen LogP contribution in [0.1, 0.15) is 36.8 Å². The number of amides is 1. The van der Waals surface area contributed by atoms with Gasteiger partial charge < -0.3 is 14.6 Å². The molecular weight excluding hydrogens is 264 g/mol. The summed E-state index contributed by atoms with van der Waals surface area (Å²) in [5.41, 5.74) is 3.07. The molecule has 1 saturated heterocycles. The molecule has 112 valence electrons. The molecule has 3 rings (SSSR count). The molecule has 0 unspecified atom stereocenters.